The van der Waals surface area contributed by atoms with Crippen molar-refractivity contribution in [3.8, 4) is 0 Å². The summed E-state index contributed by atoms with van der Waals surface area (Å²) >= 11 is 0. The van der Waals surface area contributed by atoms with Gasteiger partial charge >= 0.3 is 0 Å². The van der Waals surface area contributed by atoms with Crippen LogP contribution in [0.3, 0.4) is 0 Å². The number of hydrogen-bond donors (Lipinski definition) is 2. The number of aliphatic imine (C=N–C) groups is 1. The molecule has 1 saturated heterocycles. The van der Waals surface area contributed by atoms with Crippen LogP contribution in [0.1, 0.15) is 70.6 Å². The fraction of sp³-hybridized carbons (Fsp3) is 0.941. The first-order chi connectivity index (χ1) is 10.3. The molecule has 120 valence electrons. The maximum atomic E-state index is 6.12. The minimum Gasteiger partial charge on any atom is -0.370 e. The Morgan fingerprint density at radius 1 is 0.905 bits per heavy atom. The van der Waals surface area contributed by atoms with E-state index in [1.165, 1.54) is 83.7 Å². The molecule has 0 spiro atoms. The zero-order valence-corrected chi connectivity index (χ0v) is 13.4. The first-order valence-electron chi connectivity index (χ1n) is 9.15. The van der Waals surface area contributed by atoms with Crippen LogP contribution in [0.4, 0.5) is 0 Å². The lowest BCUT2D eigenvalue weighted by Crippen LogP contribution is -2.56. The standard InChI is InChI=1S/C17H32N4/c18-17(19-14-8-4-1-2-5-9-14)20-15-12-16(13-15)21-10-6-3-7-11-21/h14-16H,1-13H2,(H3,18,19,20). The van der Waals surface area contributed by atoms with Crippen LogP contribution >= 0.6 is 0 Å². The van der Waals surface area contributed by atoms with E-state index in [1.54, 1.807) is 0 Å². The van der Waals surface area contributed by atoms with Crippen LogP contribution < -0.4 is 11.1 Å². The highest BCUT2D eigenvalue weighted by Gasteiger charge is 2.34. The van der Waals surface area contributed by atoms with Gasteiger partial charge in [0.25, 0.3) is 0 Å². The summed E-state index contributed by atoms with van der Waals surface area (Å²) < 4.78 is 0. The number of rotatable bonds is 3. The predicted octanol–water partition coefficient (Wildman–Crippen LogP) is 2.63. The first-order valence-corrected chi connectivity index (χ1v) is 9.15. The second-order valence-corrected chi connectivity index (χ2v) is 7.22. The molecule has 0 bridgehead atoms. The fourth-order valence-electron chi connectivity index (χ4n) is 4.12. The topological polar surface area (TPSA) is 53.6 Å². The van der Waals surface area contributed by atoms with Crippen LogP contribution in [0.25, 0.3) is 0 Å². The summed E-state index contributed by atoms with van der Waals surface area (Å²) in [5, 5.41) is 3.45. The van der Waals surface area contributed by atoms with E-state index in [9.17, 15) is 0 Å². The number of nitrogens with one attached hydrogen (secondary N) is 1. The Morgan fingerprint density at radius 2 is 1.52 bits per heavy atom. The van der Waals surface area contributed by atoms with E-state index in [0.29, 0.717) is 18.0 Å². The Hall–Kier alpha value is -0.770. The highest BCUT2D eigenvalue weighted by Crippen LogP contribution is 2.28. The van der Waals surface area contributed by atoms with Gasteiger partial charge in [0, 0.05) is 12.1 Å². The molecule has 0 aromatic heterocycles. The van der Waals surface area contributed by atoms with Gasteiger partial charge in [0.2, 0.25) is 0 Å². The quantitative estimate of drug-likeness (QED) is 0.478. The van der Waals surface area contributed by atoms with Crippen molar-refractivity contribution < 1.29 is 0 Å². The molecule has 4 heteroatoms. The van der Waals surface area contributed by atoms with Crippen molar-refractivity contribution in [2.24, 2.45) is 10.7 Å². The molecule has 0 atom stereocenters. The third-order valence-corrected chi connectivity index (χ3v) is 5.52. The molecule has 3 N–H and O–H groups in total. The minimum absolute atomic E-state index is 0.470. The highest BCUT2D eigenvalue weighted by molar-refractivity contribution is 5.78. The maximum Gasteiger partial charge on any atom is 0.189 e. The van der Waals surface area contributed by atoms with E-state index in [1.807, 2.05) is 0 Å². The van der Waals surface area contributed by atoms with Gasteiger partial charge in [-0.05, 0) is 51.6 Å². The van der Waals surface area contributed by atoms with Crippen LogP contribution in [0, 0.1) is 0 Å². The van der Waals surface area contributed by atoms with Crippen LogP contribution in [0.2, 0.25) is 0 Å². The van der Waals surface area contributed by atoms with Crippen LogP contribution in [-0.2, 0) is 0 Å². The average molecular weight is 292 g/mol. The van der Waals surface area contributed by atoms with Crippen molar-refractivity contribution >= 4 is 5.96 Å². The molecule has 1 aliphatic heterocycles. The fourth-order valence-corrected chi connectivity index (χ4v) is 4.12. The van der Waals surface area contributed by atoms with Gasteiger partial charge in [0.15, 0.2) is 5.96 Å². The normalized spacial score (nSPS) is 33.2. The lowest BCUT2D eigenvalue weighted by atomic mass is 9.84. The number of piperidine rings is 1. The number of nitrogens with two attached hydrogens (primary N) is 1. The lowest BCUT2D eigenvalue weighted by molar-refractivity contribution is 0.0846. The molecular weight excluding hydrogens is 260 g/mol. The van der Waals surface area contributed by atoms with Gasteiger partial charge in [-0.15, -0.1) is 0 Å². The van der Waals surface area contributed by atoms with E-state index in [2.05, 4.69) is 10.2 Å². The van der Waals surface area contributed by atoms with Crippen LogP contribution in [0.5, 0.6) is 0 Å². The van der Waals surface area contributed by atoms with Crippen molar-refractivity contribution in [2.45, 2.75) is 88.8 Å². The monoisotopic (exact) mass is 292 g/mol. The van der Waals surface area contributed by atoms with Crippen LogP contribution in [-0.4, -0.2) is 42.1 Å². The Labute approximate surface area is 129 Å². The molecule has 0 unspecified atom stereocenters. The summed E-state index contributed by atoms with van der Waals surface area (Å²) in [5.41, 5.74) is 6.12. The Balaban J connectivity index is 1.38. The molecule has 3 fully saturated rings. The van der Waals surface area contributed by atoms with Gasteiger partial charge in [-0.1, -0.05) is 32.1 Å². The number of hydrogen-bond acceptors (Lipinski definition) is 2. The van der Waals surface area contributed by atoms with Crippen LogP contribution in [0.15, 0.2) is 4.99 Å². The van der Waals surface area contributed by atoms with E-state index in [4.69, 9.17) is 10.7 Å². The van der Waals surface area contributed by atoms with E-state index in [-0.39, 0.29) is 0 Å². The second kappa shape index (κ2) is 7.48. The Kier molecular flexibility index (Phi) is 5.39. The molecule has 1 heterocycles. The molecular formula is C17H32N4. The highest BCUT2D eigenvalue weighted by atomic mass is 15.2. The zero-order chi connectivity index (χ0) is 14.5. The van der Waals surface area contributed by atoms with Crippen molar-refractivity contribution in [1.29, 1.82) is 0 Å². The third kappa shape index (κ3) is 4.35. The molecule has 2 aliphatic carbocycles. The summed E-state index contributed by atoms with van der Waals surface area (Å²) in [6.07, 6.45) is 14.5. The van der Waals surface area contributed by atoms with E-state index in [0.717, 1.165) is 6.04 Å². The van der Waals surface area contributed by atoms with E-state index >= 15 is 0 Å². The van der Waals surface area contributed by atoms with Crippen molar-refractivity contribution in [3.05, 3.63) is 0 Å². The summed E-state index contributed by atoms with van der Waals surface area (Å²) in [7, 11) is 0. The third-order valence-electron chi connectivity index (χ3n) is 5.52. The van der Waals surface area contributed by atoms with E-state index < -0.39 is 0 Å². The van der Waals surface area contributed by atoms with Gasteiger partial charge in [-0.2, -0.15) is 0 Å². The largest absolute Gasteiger partial charge is 0.370 e. The predicted molar refractivity (Wildman–Crippen MR) is 88.5 cm³/mol. The average Bonchev–Trinajstić information content (AvgIpc) is 2.72. The molecule has 0 amide bonds. The smallest absolute Gasteiger partial charge is 0.189 e. The molecule has 0 aromatic carbocycles. The number of guanidine groups is 1. The zero-order valence-electron chi connectivity index (χ0n) is 13.4. The van der Waals surface area contributed by atoms with Crippen molar-refractivity contribution in [1.82, 2.24) is 10.2 Å². The molecule has 0 aromatic rings. The van der Waals surface area contributed by atoms with Gasteiger partial charge in [-0.25, -0.2) is 0 Å². The molecule has 4 nitrogen and oxygen atoms in total. The van der Waals surface area contributed by atoms with Gasteiger partial charge < -0.3 is 16.0 Å². The van der Waals surface area contributed by atoms with Gasteiger partial charge in [0.1, 0.15) is 0 Å². The first kappa shape index (κ1) is 15.1. The summed E-state index contributed by atoms with van der Waals surface area (Å²) in [6.45, 7) is 2.62. The van der Waals surface area contributed by atoms with Gasteiger partial charge in [0.05, 0.1) is 6.04 Å². The summed E-state index contributed by atoms with van der Waals surface area (Å²) in [6, 6.07) is 1.83. The molecule has 0 radical (unpaired) electrons. The lowest BCUT2D eigenvalue weighted by Gasteiger charge is -2.44. The summed E-state index contributed by atoms with van der Waals surface area (Å²) in [5.74, 6) is 0.698. The SMILES string of the molecule is NC(=NC1CCCCCC1)NC1CC(N2CCCCC2)C1. The molecule has 3 rings (SSSR count). The Morgan fingerprint density at radius 3 is 2.19 bits per heavy atom. The van der Waals surface area contributed by atoms with Crippen molar-refractivity contribution in [2.75, 3.05) is 13.1 Å². The number of likely N-dealkylation sites (tertiary alicyclic amines) is 1. The second-order valence-electron chi connectivity index (χ2n) is 7.22. The van der Waals surface area contributed by atoms with Crippen molar-refractivity contribution in [3.63, 3.8) is 0 Å². The molecule has 2 saturated carbocycles. The molecule has 21 heavy (non-hydrogen) atoms. The number of nitrogens with zero attached hydrogens (tertiary/aromatic N) is 2. The summed E-state index contributed by atoms with van der Waals surface area (Å²) in [4.78, 5) is 7.41. The minimum atomic E-state index is 0.470. The molecule has 3 aliphatic rings. The maximum absolute atomic E-state index is 6.12. The van der Waals surface area contributed by atoms with Gasteiger partial charge in [-0.3, -0.25) is 4.99 Å². The Bertz CT molecular complexity index is 335.